The Kier molecular flexibility index (Phi) is 6.09. The van der Waals surface area contributed by atoms with Crippen molar-refractivity contribution in [3.8, 4) is 45.3 Å². The van der Waals surface area contributed by atoms with E-state index < -0.39 is 8.07 Å². The van der Waals surface area contributed by atoms with Crippen molar-refractivity contribution in [3.05, 3.63) is 158 Å². The van der Waals surface area contributed by atoms with Crippen molar-refractivity contribution in [2.75, 3.05) is 0 Å². The Balaban J connectivity index is 1.45. The summed E-state index contributed by atoms with van der Waals surface area (Å²) in [5.41, 5.74) is 5.27. The van der Waals surface area contributed by atoms with E-state index in [4.69, 9.17) is 15.0 Å². The van der Waals surface area contributed by atoms with Crippen LogP contribution in [-0.4, -0.2) is 28.0 Å². The molecule has 0 unspecified atom stereocenters. The van der Waals surface area contributed by atoms with Gasteiger partial charge < -0.3 is 0 Å². The van der Waals surface area contributed by atoms with Gasteiger partial charge in [0, 0.05) is 29.1 Å². The summed E-state index contributed by atoms with van der Waals surface area (Å²) in [4.78, 5) is 19.5. The second kappa shape index (κ2) is 10.4. The first-order valence-corrected chi connectivity index (χ1v) is 16.4. The molecule has 43 heavy (non-hydrogen) atoms. The number of benzene rings is 5. The van der Waals surface area contributed by atoms with E-state index in [1.54, 1.807) is 12.4 Å². The van der Waals surface area contributed by atoms with Crippen LogP contribution in [0.15, 0.2) is 158 Å². The van der Waals surface area contributed by atoms with Crippen molar-refractivity contribution >= 4 is 28.8 Å². The molecule has 0 spiro atoms. The predicted octanol–water partition coefficient (Wildman–Crippen LogP) is 5.63. The van der Waals surface area contributed by atoms with Crippen molar-refractivity contribution in [2.24, 2.45) is 0 Å². The lowest BCUT2D eigenvalue weighted by atomic mass is 9.99. The van der Waals surface area contributed by atoms with Gasteiger partial charge in [-0.05, 0) is 44.0 Å². The van der Waals surface area contributed by atoms with Gasteiger partial charge in [0.2, 0.25) is 0 Å². The van der Waals surface area contributed by atoms with E-state index in [-0.39, 0.29) is 0 Å². The molecule has 8 rings (SSSR count). The fourth-order valence-electron chi connectivity index (χ4n) is 6.52. The number of pyridine rings is 1. The summed E-state index contributed by atoms with van der Waals surface area (Å²) in [6.07, 6.45) is 3.57. The third-order valence-electron chi connectivity index (χ3n) is 8.31. The zero-order valence-electron chi connectivity index (χ0n) is 23.3. The predicted molar refractivity (Wildman–Crippen MR) is 177 cm³/mol. The summed E-state index contributed by atoms with van der Waals surface area (Å²) < 4.78 is 0. The maximum absolute atomic E-state index is 5.12. The fraction of sp³-hybridized carbons (Fsp3) is 0. The van der Waals surface area contributed by atoms with Gasteiger partial charge in [-0.3, -0.25) is 4.98 Å². The minimum atomic E-state index is -2.63. The van der Waals surface area contributed by atoms with E-state index in [0.717, 1.165) is 16.7 Å². The van der Waals surface area contributed by atoms with Crippen molar-refractivity contribution in [1.82, 2.24) is 19.9 Å². The summed E-state index contributed by atoms with van der Waals surface area (Å²) in [7, 11) is -2.63. The van der Waals surface area contributed by atoms with Crippen LogP contribution in [0.3, 0.4) is 0 Å². The van der Waals surface area contributed by atoms with E-state index in [0.29, 0.717) is 17.5 Å². The molecule has 5 heteroatoms. The molecule has 0 N–H and O–H groups in total. The summed E-state index contributed by atoms with van der Waals surface area (Å²) in [5.74, 6) is 1.91. The molecule has 0 radical (unpaired) electrons. The molecule has 3 heterocycles. The SMILES string of the molecule is c1ccc(-c2nc(-c3cccnc3)nc(-c3cccc4c3-c3ccccc3[Si]4(c3ccccc3)c3ccccc3)n2)cc1. The van der Waals surface area contributed by atoms with Gasteiger partial charge in [0.05, 0.1) is 0 Å². The van der Waals surface area contributed by atoms with Crippen LogP contribution in [-0.2, 0) is 0 Å². The summed E-state index contributed by atoms with van der Waals surface area (Å²) in [6, 6.07) is 51.6. The van der Waals surface area contributed by atoms with Crippen LogP contribution in [0.2, 0.25) is 0 Å². The van der Waals surface area contributed by atoms with Gasteiger partial charge in [0.15, 0.2) is 25.5 Å². The van der Waals surface area contributed by atoms with Crippen LogP contribution in [0.1, 0.15) is 0 Å². The summed E-state index contributed by atoms with van der Waals surface area (Å²) in [6.45, 7) is 0. The van der Waals surface area contributed by atoms with Crippen LogP contribution < -0.4 is 20.7 Å². The standard InChI is InChI=1S/C38H26N4Si/c1-4-14-27(15-5-1)36-40-37(28-16-13-25-39-26-28)42-38(41-36)32-22-12-24-34-35(32)31-21-10-11-23-33(31)43(34,29-17-6-2-7-18-29)30-19-8-3-9-20-30/h1-26H. The Hall–Kier alpha value is -5.52. The lowest BCUT2D eigenvalue weighted by Gasteiger charge is -2.31. The minimum absolute atomic E-state index is 0.607. The van der Waals surface area contributed by atoms with Crippen LogP contribution in [0.5, 0.6) is 0 Å². The summed E-state index contributed by atoms with van der Waals surface area (Å²) >= 11 is 0. The number of rotatable bonds is 5. The lowest BCUT2D eigenvalue weighted by molar-refractivity contribution is 1.07. The molecule has 0 amide bonds. The van der Waals surface area contributed by atoms with Gasteiger partial charge in [0.1, 0.15) is 0 Å². The van der Waals surface area contributed by atoms with Crippen molar-refractivity contribution in [3.63, 3.8) is 0 Å². The fourth-order valence-corrected chi connectivity index (χ4v) is 11.7. The highest BCUT2D eigenvalue weighted by molar-refractivity contribution is 7.22. The zero-order chi connectivity index (χ0) is 28.6. The molecule has 0 bridgehead atoms. The Morgan fingerprint density at radius 1 is 0.395 bits per heavy atom. The van der Waals surface area contributed by atoms with E-state index in [9.17, 15) is 0 Å². The Morgan fingerprint density at radius 2 is 0.930 bits per heavy atom. The molecule has 0 fully saturated rings. The van der Waals surface area contributed by atoms with Gasteiger partial charge in [0.25, 0.3) is 0 Å². The first-order valence-electron chi connectivity index (χ1n) is 14.4. The molecule has 4 nitrogen and oxygen atoms in total. The molecule has 0 saturated heterocycles. The van der Waals surface area contributed by atoms with Crippen LogP contribution in [0.4, 0.5) is 0 Å². The first kappa shape index (κ1) is 25.2. The Bertz CT molecular complexity index is 1970. The van der Waals surface area contributed by atoms with E-state index >= 15 is 0 Å². The molecule has 0 saturated carbocycles. The van der Waals surface area contributed by atoms with Gasteiger partial charge in [-0.1, -0.05) is 133 Å². The van der Waals surface area contributed by atoms with E-state index in [1.807, 2.05) is 42.5 Å². The van der Waals surface area contributed by atoms with Gasteiger partial charge in [-0.25, -0.2) is 15.0 Å². The highest BCUT2D eigenvalue weighted by Crippen LogP contribution is 2.36. The van der Waals surface area contributed by atoms with Crippen molar-refractivity contribution in [1.29, 1.82) is 0 Å². The molecule has 0 atom stereocenters. The zero-order valence-corrected chi connectivity index (χ0v) is 24.3. The van der Waals surface area contributed by atoms with Crippen molar-refractivity contribution in [2.45, 2.75) is 0 Å². The maximum atomic E-state index is 5.12. The van der Waals surface area contributed by atoms with Crippen molar-refractivity contribution < 1.29 is 0 Å². The topological polar surface area (TPSA) is 51.6 Å². The van der Waals surface area contributed by atoms with Gasteiger partial charge in [-0.2, -0.15) is 0 Å². The Morgan fingerprint density at radius 3 is 1.60 bits per heavy atom. The number of fused-ring (bicyclic) bond motifs is 3. The first-order chi connectivity index (χ1) is 21.3. The molecule has 0 aliphatic carbocycles. The van der Waals surface area contributed by atoms with E-state index in [1.165, 1.54) is 31.9 Å². The molecule has 7 aromatic rings. The monoisotopic (exact) mass is 566 g/mol. The molecule has 1 aliphatic rings. The highest BCUT2D eigenvalue weighted by atomic mass is 28.3. The van der Waals surface area contributed by atoms with Crippen LogP contribution >= 0.6 is 0 Å². The minimum Gasteiger partial charge on any atom is -0.264 e. The number of aromatic nitrogens is 4. The normalized spacial score (nSPS) is 12.8. The largest absolute Gasteiger partial charge is 0.264 e. The van der Waals surface area contributed by atoms with E-state index in [2.05, 4.69) is 108 Å². The molecular weight excluding hydrogens is 541 g/mol. The maximum Gasteiger partial charge on any atom is 0.180 e. The molecule has 2 aromatic heterocycles. The Labute approximate surface area is 251 Å². The third kappa shape index (κ3) is 4.05. The smallest absolute Gasteiger partial charge is 0.180 e. The van der Waals surface area contributed by atoms with Crippen LogP contribution in [0, 0.1) is 0 Å². The lowest BCUT2D eigenvalue weighted by Crippen LogP contribution is -2.72. The average Bonchev–Trinajstić information content (AvgIpc) is 3.41. The van der Waals surface area contributed by atoms with Crippen LogP contribution in [0.25, 0.3) is 45.3 Å². The number of hydrogen-bond donors (Lipinski definition) is 0. The molecule has 1 aliphatic heterocycles. The average molecular weight is 567 g/mol. The number of nitrogens with zero attached hydrogens (tertiary/aromatic N) is 4. The van der Waals surface area contributed by atoms with Gasteiger partial charge >= 0.3 is 0 Å². The van der Waals surface area contributed by atoms with Gasteiger partial charge in [-0.15, -0.1) is 0 Å². The highest BCUT2D eigenvalue weighted by Gasteiger charge is 2.49. The number of hydrogen-bond acceptors (Lipinski definition) is 4. The molecule has 5 aromatic carbocycles. The summed E-state index contributed by atoms with van der Waals surface area (Å²) in [5, 5.41) is 5.47. The molecular formula is C38H26N4Si. The molecule has 202 valence electrons. The third-order valence-corrected chi connectivity index (χ3v) is 13.2. The second-order valence-corrected chi connectivity index (χ2v) is 14.4. The quantitative estimate of drug-likeness (QED) is 0.254. The second-order valence-electron chi connectivity index (χ2n) is 10.7.